The molecule has 0 spiro atoms. The van der Waals surface area contributed by atoms with Crippen LogP contribution in [-0.4, -0.2) is 56.9 Å². The summed E-state index contributed by atoms with van der Waals surface area (Å²) in [6, 6.07) is 4.18. The molecule has 9 heteroatoms. The van der Waals surface area contributed by atoms with Crippen LogP contribution >= 0.6 is 0 Å². The minimum absolute atomic E-state index is 0.0240. The number of anilines is 2. The first-order chi connectivity index (χ1) is 13.2. The average molecular weight is 388 g/mol. The molecule has 1 amide bonds. The lowest BCUT2D eigenvalue weighted by Crippen LogP contribution is -2.53. The number of rotatable bonds is 5. The van der Waals surface area contributed by atoms with Gasteiger partial charge < -0.3 is 25.5 Å². The Balaban J connectivity index is 1.74. The van der Waals surface area contributed by atoms with Crippen molar-refractivity contribution in [3.8, 4) is 0 Å². The van der Waals surface area contributed by atoms with Crippen molar-refractivity contribution in [2.45, 2.75) is 46.3 Å². The number of piperazine rings is 1. The molecule has 0 aliphatic carbocycles. The molecule has 0 saturated carbocycles. The number of hydrogen-bond acceptors (Lipinski definition) is 7. The van der Waals surface area contributed by atoms with Gasteiger partial charge in [-0.25, -0.2) is 4.79 Å². The fourth-order valence-corrected chi connectivity index (χ4v) is 3.51. The van der Waals surface area contributed by atoms with E-state index in [2.05, 4.69) is 33.4 Å². The SMILES string of the molecule is Cc1cc(CN2CCN(C(=O)O)[C@@H](C)C2)c(C)c(Nc2nnc(C(C)N)o2)c1. The van der Waals surface area contributed by atoms with E-state index in [1.54, 1.807) is 6.92 Å². The van der Waals surface area contributed by atoms with Crippen LogP contribution < -0.4 is 11.1 Å². The summed E-state index contributed by atoms with van der Waals surface area (Å²) < 4.78 is 5.55. The first kappa shape index (κ1) is 20.1. The van der Waals surface area contributed by atoms with Gasteiger partial charge in [0.05, 0.1) is 6.04 Å². The summed E-state index contributed by atoms with van der Waals surface area (Å²) in [5, 5.41) is 20.4. The van der Waals surface area contributed by atoms with Gasteiger partial charge >= 0.3 is 12.1 Å². The minimum Gasteiger partial charge on any atom is -0.465 e. The van der Waals surface area contributed by atoms with Crippen molar-refractivity contribution in [3.63, 3.8) is 0 Å². The molecule has 2 aromatic rings. The average Bonchev–Trinajstić information content (AvgIpc) is 3.07. The topological polar surface area (TPSA) is 121 Å². The molecule has 1 fully saturated rings. The van der Waals surface area contributed by atoms with E-state index in [1.807, 2.05) is 19.9 Å². The molecule has 9 nitrogen and oxygen atoms in total. The van der Waals surface area contributed by atoms with Gasteiger partial charge in [-0.05, 0) is 50.5 Å². The molecule has 1 aliphatic heterocycles. The number of carbonyl (C=O) groups is 1. The highest BCUT2D eigenvalue weighted by Gasteiger charge is 2.27. The Labute approximate surface area is 164 Å². The number of aromatic nitrogens is 2. The Morgan fingerprint density at radius 3 is 2.75 bits per heavy atom. The lowest BCUT2D eigenvalue weighted by Gasteiger charge is -2.38. The van der Waals surface area contributed by atoms with E-state index in [4.69, 9.17) is 10.2 Å². The molecular weight excluding hydrogens is 360 g/mol. The van der Waals surface area contributed by atoms with Crippen molar-refractivity contribution >= 4 is 17.8 Å². The second-order valence-electron chi connectivity index (χ2n) is 7.52. The summed E-state index contributed by atoms with van der Waals surface area (Å²) in [5.74, 6) is 0.387. The van der Waals surface area contributed by atoms with Crippen LogP contribution in [0.3, 0.4) is 0 Å². The van der Waals surface area contributed by atoms with Crippen molar-refractivity contribution in [1.82, 2.24) is 20.0 Å². The van der Waals surface area contributed by atoms with E-state index in [0.717, 1.165) is 23.4 Å². The third-order valence-electron chi connectivity index (χ3n) is 5.08. The summed E-state index contributed by atoms with van der Waals surface area (Å²) in [4.78, 5) is 15.0. The molecule has 3 rings (SSSR count). The molecule has 1 unspecified atom stereocenters. The summed E-state index contributed by atoms with van der Waals surface area (Å²) in [7, 11) is 0. The summed E-state index contributed by atoms with van der Waals surface area (Å²) in [6.45, 7) is 10.5. The lowest BCUT2D eigenvalue weighted by atomic mass is 10.0. The quantitative estimate of drug-likeness (QED) is 0.715. The van der Waals surface area contributed by atoms with Gasteiger partial charge in [0.25, 0.3) is 0 Å². The van der Waals surface area contributed by atoms with E-state index in [9.17, 15) is 9.90 Å². The van der Waals surface area contributed by atoms with Crippen LogP contribution in [0.25, 0.3) is 0 Å². The van der Waals surface area contributed by atoms with Crippen LogP contribution in [0, 0.1) is 13.8 Å². The normalized spacial score (nSPS) is 18.9. The van der Waals surface area contributed by atoms with Crippen LogP contribution in [0.15, 0.2) is 16.5 Å². The second-order valence-corrected chi connectivity index (χ2v) is 7.52. The van der Waals surface area contributed by atoms with Gasteiger partial charge in [-0.15, -0.1) is 5.10 Å². The smallest absolute Gasteiger partial charge is 0.407 e. The Bertz CT molecular complexity index is 850. The zero-order valence-electron chi connectivity index (χ0n) is 16.8. The summed E-state index contributed by atoms with van der Waals surface area (Å²) in [5.41, 5.74) is 10.1. The highest BCUT2D eigenvalue weighted by atomic mass is 16.4. The minimum atomic E-state index is -0.851. The highest BCUT2D eigenvalue weighted by molar-refractivity contribution is 5.65. The molecule has 152 valence electrons. The molecule has 1 aliphatic rings. The Hall–Kier alpha value is -2.65. The summed E-state index contributed by atoms with van der Waals surface area (Å²) >= 11 is 0. The van der Waals surface area contributed by atoms with Crippen molar-refractivity contribution in [2.24, 2.45) is 5.73 Å². The number of amides is 1. The van der Waals surface area contributed by atoms with Gasteiger partial charge in [-0.1, -0.05) is 11.2 Å². The fraction of sp³-hybridized carbons (Fsp3) is 0.526. The number of carboxylic acid groups (broad SMARTS) is 1. The predicted molar refractivity (Wildman–Crippen MR) is 106 cm³/mol. The predicted octanol–water partition coefficient (Wildman–Crippen LogP) is 2.63. The van der Waals surface area contributed by atoms with Crippen LogP contribution in [-0.2, 0) is 6.54 Å². The Morgan fingerprint density at radius 1 is 1.39 bits per heavy atom. The molecule has 28 heavy (non-hydrogen) atoms. The standard InChI is InChI=1S/C19H28N6O3/c1-11-7-15(10-24-5-6-25(19(26)27)12(2)9-24)13(3)16(8-11)21-18-23-22-17(28-18)14(4)20/h7-8,12,14H,5-6,9-10,20H2,1-4H3,(H,21,23)(H,26,27)/t12-,14?/m0/s1. The molecule has 2 heterocycles. The first-order valence-electron chi connectivity index (χ1n) is 9.42. The molecule has 1 aromatic carbocycles. The number of nitrogens with zero attached hydrogens (tertiary/aromatic N) is 4. The second kappa shape index (κ2) is 8.15. The number of nitrogens with two attached hydrogens (primary N) is 1. The van der Waals surface area contributed by atoms with Gasteiger partial charge in [0.1, 0.15) is 0 Å². The van der Waals surface area contributed by atoms with Crippen molar-refractivity contribution in [3.05, 3.63) is 34.7 Å². The number of nitrogens with one attached hydrogen (secondary N) is 1. The maximum Gasteiger partial charge on any atom is 0.407 e. The third kappa shape index (κ3) is 4.42. The van der Waals surface area contributed by atoms with E-state index >= 15 is 0 Å². The molecule has 1 aromatic heterocycles. The maximum atomic E-state index is 11.3. The third-order valence-corrected chi connectivity index (χ3v) is 5.08. The maximum absolute atomic E-state index is 11.3. The first-order valence-corrected chi connectivity index (χ1v) is 9.42. The van der Waals surface area contributed by atoms with Crippen LogP contribution in [0.1, 0.15) is 42.5 Å². The Kier molecular flexibility index (Phi) is 5.85. The van der Waals surface area contributed by atoms with Gasteiger partial charge in [0.2, 0.25) is 5.89 Å². The Morgan fingerprint density at radius 2 is 2.14 bits per heavy atom. The molecule has 1 saturated heterocycles. The van der Waals surface area contributed by atoms with Crippen molar-refractivity contribution < 1.29 is 14.3 Å². The van der Waals surface area contributed by atoms with E-state index in [1.165, 1.54) is 10.5 Å². The molecule has 0 bridgehead atoms. The zero-order chi connectivity index (χ0) is 20.4. The number of benzene rings is 1. The van der Waals surface area contributed by atoms with Crippen LogP contribution in [0.2, 0.25) is 0 Å². The fourth-order valence-electron chi connectivity index (χ4n) is 3.51. The van der Waals surface area contributed by atoms with Gasteiger partial charge in [-0.2, -0.15) is 0 Å². The molecule has 0 radical (unpaired) electrons. The van der Waals surface area contributed by atoms with E-state index in [0.29, 0.717) is 31.5 Å². The molecule has 2 atom stereocenters. The monoisotopic (exact) mass is 388 g/mol. The summed E-state index contributed by atoms with van der Waals surface area (Å²) in [6.07, 6.45) is -0.851. The zero-order valence-corrected chi connectivity index (χ0v) is 16.8. The van der Waals surface area contributed by atoms with Crippen LogP contribution in [0.4, 0.5) is 16.5 Å². The van der Waals surface area contributed by atoms with E-state index < -0.39 is 6.09 Å². The highest BCUT2D eigenvalue weighted by Crippen LogP contribution is 2.27. The van der Waals surface area contributed by atoms with Gasteiger partial charge in [0, 0.05) is 37.9 Å². The largest absolute Gasteiger partial charge is 0.465 e. The van der Waals surface area contributed by atoms with E-state index in [-0.39, 0.29) is 12.1 Å². The lowest BCUT2D eigenvalue weighted by molar-refractivity contribution is 0.0710. The van der Waals surface area contributed by atoms with Crippen molar-refractivity contribution in [1.29, 1.82) is 0 Å². The molecule has 4 N–H and O–H groups in total. The number of hydrogen-bond donors (Lipinski definition) is 3. The van der Waals surface area contributed by atoms with Crippen molar-refractivity contribution in [2.75, 3.05) is 25.0 Å². The number of aryl methyl sites for hydroxylation is 1. The van der Waals surface area contributed by atoms with Gasteiger partial charge in [0.15, 0.2) is 0 Å². The van der Waals surface area contributed by atoms with Gasteiger partial charge in [-0.3, -0.25) is 4.90 Å². The molecular formula is C19H28N6O3. The van der Waals surface area contributed by atoms with Crippen LogP contribution in [0.5, 0.6) is 0 Å².